The second-order valence-corrected chi connectivity index (χ2v) is 5.54. The number of para-hydroxylation sites is 2. The van der Waals surface area contributed by atoms with Crippen molar-refractivity contribution in [1.29, 1.82) is 0 Å². The number of aryl methyl sites for hydroxylation is 1. The number of hydrogen-bond donors (Lipinski definition) is 1. The molecule has 2 aromatic carbocycles. The van der Waals surface area contributed by atoms with E-state index in [9.17, 15) is 5.11 Å². The number of imidazole rings is 1. The predicted molar refractivity (Wildman–Crippen MR) is 85.9 cm³/mol. The van der Waals surface area contributed by atoms with Crippen LogP contribution in [0.25, 0.3) is 11.0 Å². The summed E-state index contributed by atoms with van der Waals surface area (Å²) in [7, 11) is 0. The zero-order chi connectivity index (χ0) is 14.8. The second kappa shape index (κ2) is 5.78. The number of phenols is 1. The lowest BCUT2D eigenvalue weighted by Crippen LogP contribution is -2.04. The third kappa shape index (κ3) is 2.74. The van der Waals surface area contributed by atoms with E-state index >= 15 is 0 Å². The van der Waals surface area contributed by atoms with E-state index in [1.807, 2.05) is 24.3 Å². The van der Waals surface area contributed by atoms with Gasteiger partial charge in [0.1, 0.15) is 11.6 Å². The zero-order valence-electron chi connectivity index (χ0n) is 11.9. The van der Waals surface area contributed by atoms with E-state index in [-0.39, 0.29) is 5.75 Å². The Hall–Kier alpha value is -2.00. The van der Waals surface area contributed by atoms with Crippen molar-refractivity contribution in [3.8, 4) is 5.75 Å². The lowest BCUT2D eigenvalue weighted by atomic mass is 10.1. The molecule has 3 aromatic rings. The highest BCUT2D eigenvalue weighted by molar-refractivity contribution is 6.32. The Balaban J connectivity index is 2.02. The fourth-order valence-corrected chi connectivity index (χ4v) is 2.78. The van der Waals surface area contributed by atoms with Crippen LogP contribution in [0.4, 0.5) is 0 Å². The minimum atomic E-state index is 0.113. The summed E-state index contributed by atoms with van der Waals surface area (Å²) in [5.41, 5.74) is 3.23. The Bertz CT molecular complexity index is 780. The van der Waals surface area contributed by atoms with Crippen LogP contribution in [-0.4, -0.2) is 14.7 Å². The van der Waals surface area contributed by atoms with Crippen molar-refractivity contribution in [3.63, 3.8) is 0 Å². The topological polar surface area (TPSA) is 38.0 Å². The van der Waals surface area contributed by atoms with Gasteiger partial charge in [-0.2, -0.15) is 0 Å². The van der Waals surface area contributed by atoms with Crippen LogP contribution in [0.3, 0.4) is 0 Å². The summed E-state index contributed by atoms with van der Waals surface area (Å²) in [4.78, 5) is 4.74. The maximum Gasteiger partial charge on any atom is 0.134 e. The highest BCUT2D eigenvalue weighted by Gasteiger charge is 2.11. The molecule has 0 unspecified atom stereocenters. The Morgan fingerprint density at radius 2 is 2.00 bits per heavy atom. The number of hydrogen-bond acceptors (Lipinski definition) is 2. The van der Waals surface area contributed by atoms with Crippen LogP contribution in [0.2, 0.25) is 5.02 Å². The van der Waals surface area contributed by atoms with Gasteiger partial charge in [0.15, 0.2) is 0 Å². The summed E-state index contributed by atoms with van der Waals surface area (Å²) in [6, 6.07) is 13.5. The number of benzene rings is 2. The number of phenolic OH excluding ortho intramolecular Hbond substituents is 1. The second-order valence-electron chi connectivity index (χ2n) is 5.13. The van der Waals surface area contributed by atoms with Gasteiger partial charge in [-0.15, -0.1) is 0 Å². The number of aromatic nitrogens is 2. The average Bonchev–Trinajstić information content (AvgIpc) is 2.81. The standard InChI is InChI=1S/C17H17ClN2O/c1-2-9-20-15-6-4-3-5-14(15)19-17(20)11-12-7-8-16(21)13(18)10-12/h3-8,10,21H,2,9,11H2,1H3. The van der Waals surface area contributed by atoms with E-state index in [2.05, 4.69) is 17.6 Å². The maximum absolute atomic E-state index is 9.51. The molecule has 4 heteroatoms. The van der Waals surface area contributed by atoms with Crippen molar-refractivity contribution >= 4 is 22.6 Å². The molecule has 3 rings (SSSR count). The van der Waals surface area contributed by atoms with Crippen LogP contribution in [0, 0.1) is 0 Å². The van der Waals surface area contributed by atoms with Gasteiger partial charge in [-0.3, -0.25) is 0 Å². The highest BCUT2D eigenvalue weighted by Crippen LogP contribution is 2.25. The molecule has 0 bridgehead atoms. The number of halogens is 1. The van der Waals surface area contributed by atoms with Gasteiger partial charge in [0.2, 0.25) is 0 Å². The Labute approximate surface area is 128 Å². The molecule has 1 heterocycles. The molecule has 0 radical (unpaired) electrons. The van der Waals surface area contributed by atoms with Gasteiger partial charge in [0.25, 0.3) is 0 Å². The molecule has 1 N–H and O–H groups in total. The van der Waals surface area contributed by atoms with Crippen molar-refractivity contribution < 1.29 is 5.11 Å². The number of aromatic hydroxyl groups is 1. The van der Waals surface area contributed by atoms with Gasteiger partial charge in [-0.25, -0.2) is 4.98 Å². The molecule has 0 aliphatic carbocycles. The SMILES string of the molecule is CCCn1c(Cc2ccc(O)c(Cl)c2)nc2ccccc21. The normalized spacial score (nSPS) is 11.1. The summed E-state index contributed by atoms with van der Waals surface area (Å²) in [5, 5.41) is 9.89. The highest BCUT2D eigenvalue weighted by atomic mass is 35.5. The summed E-state index contributed by atoms with van der Waals surface area (Å²) < 4.78 is 2.26. The molecule has 0 aliphatic heterocycles. The first-order valence-electron chi connectivity index (χ1n) is 7.10. The quantitative estimate of drug-likeness (QED) is 0.775. The van der Waals surface area contributed by atoms with Crippen LogP contribution in [-0.2, 0) is 13.0 Å². The van der Waals surface area contributed by atoms with E-state index in [0.717, 1.165) is 29.9 Å². The van der Waals surface area contributed by atoms with Crippen LogP contribution in [0.15, 0.2) is 42.5 Å². The third-order valence-corrected chi connectivity index (χ3v) is 3.86. The fraction of sp³-hybridized carbons (Fsp3) is 0.235. The first-order valence-corrected chi connectivity index (χ1v) is 7.48. The van der Waals surface area contributed by atoms with Crippen molar-refractivity contribution in [3.05, 3.63) is 58.9 Å². The van der Waals surface area contributed by atoms with E-state index in [4.69, 9.17) is 16.6 Å². The molecule has 0 fully saturated rings. The minimum absolute atomic E-state index is 0.113. The fourth-order valence-electron chi connectivity index (χ4n) is 2.58. The largest absolute Gasteiger partial charge is 0.506 e. The van der Waals surface area contributed by atoms with Gasteiger partial charge in [0.05, 0.1) is 16.1 Å². The van der Waals surface area contributed by atoms with Gasteiger partial charge in [-0.1, -0.05) is 36.7 Å². The first kappa shape index (κ1) is 14.0. The number of nitrogens with zero attached hydrogens (tertiary/aromatic N) is 2. The molecular formula is C17H17ClN2O. The monoisotopic (exact) mass is 300 g/mol. The molecule has 3 nitrogen and oxygen atoms in total. The van der Waals surface area contributed by atoms with Crippen molar-refractivity contribution in [2.75, 3.05) is 0 Å². The Morgan fingerprint density at radius 3 is 2.76 bits per heavy atom. The van der Waals surface area contributed by atoms with Crippen molar-refractivity contribution in [1.82, 2.24) is 9.55 Å². The maximum atomic E-state index is 9.51. The van der Waals surface area contributed by atoms with Crippen molar-refractivity contribution in [2.24, 2.45) is 0 Å². The lowest BCUT2D eigenvalue weighted by molar-refractivity contribution is 0.475. The van der Waals surface area contributed by atoms with Gasteiger partial charge in [-0.05, 0) is 36.2 Å². The Morgan fingerprint density at radius 1 is 1.19 bits per heavy atom. The predicted octanol–water partition coefficient (Wildman–Crippen LogP) is 4.40. The van der Waals surface area contributed by atoms with Crippen LogP contribution in [0.5, 0.6) is 5.75 Å². The summed E-state index contributed by atoms with van der Waals surface area (Å²) in [6.07, 6.45) is 1.76. The van der Waals surface area contributed by atoms with Gasteiger partial charge < -0.3 is 9.67 Å². The van der Waals surface area contributed by atoms with E-state index in [0.29, 0.717) is 11.4 Å². The molecule has 0 atom stereocenters. The molecule has 0 aliphatic rings. The van der Waals surface area contributed by atoms with Crippen LogP contribution in [0.1, 0.15) is 24.7 Å². The zero-order valence-corrected chi connectivity index (χ0v) is 12.6. The summed E-state index contributed by atoms with van der Waals surface area (Å²) in [5.74, 6) is 1.14. The summed E-state index contributed by atoms with van der Waals surface area (Å²) >= 11 is 5.98. The van der Waals surface area contributed by atoms with Crippen molar-refractivity contribution in [2.45, 2.75) is 26.3 Å². The molecule has 0 amide bonds. The Kier molecular flexibility index (Phi) is 3.84. The molecular weight excluding hydrogens is 284 g/mol. The van der Waals surface area contributed by atoms with E-state index < -0.39 is 0 Å². The molecule has 108 valence electrons. The molecule has 21 heavy (non-hydrogen) atoms. The van der Waals surface area contributed by atoms with E-state index in [1.165, 1.54) is 5.52 Å². The molecule has 0 saturated carbocycles. The van der Waals surface area contributed by atoms with Gasteiger partial charge in [0, 0.05) is 13.0 Å². The van der Waals surface area contributed by atoms with Crippen LogP contribution >= 0.6 is 11.6 Å². The average molecular weight is 301 g/mol. The number of fused-ring (bicyclic) bond motifs is 1. The van der Waals surface area contributed by atoms with Crippen LogP contribution < -0.4 is 0 Å². The lowest BCUT2D eigenvalue weighted by Gasteiger charge is -2.08. The van der Waals surface area contributed by atoms with Gasteiger partial charge >= 0.3 is 0 Å². The number of rotatable bonds is 4. The molecule has 0 spiro atoms. The summed E-state index contributed by atoms with van der Waals surface area (Å²) in [6.45, 7) is 3.11. The molecule has 0 saturated heterocycles. The van der Waals surface area contributed by atoms with E-state index in [1.54, 1.807) is 12.1 Å². The minimum Gasteiger partial charge on any atom is -0.506 e. The molecule has 1 aromatic heterocycles. The first-order chi connectivity index (χ1) is 10.2. The third-order valence-electron chi connectivity index (χ3n) is 3.56. The smallest absolute Gasteiger partial charge is 0.134 e.